The van der Waals surface area contributed by atoms with E-state index in [1.165, 1.54) is 7.11 Å². The summed E-state index contributed by atoms with van der Waals surface area (Å²) >= 11 is 0. The molecule has 0 atom stereocenters. The minimum atomic E-state index is -0.432. The lowest BCUT2D eigenvalue weighted by molar-refractivity contribution is -0.140. The van der Waals surface area contributed by atoms with Crippen molar-refractivity contribution in [2.75, 3.05) is 13.7 Å². The average molecular weight is 186 g/mol. The molecule has 4 nitrogen and oxygen atoms in total. The minimum Gasteiger partial charge on any atom is -0.469 e. The van der Waals surface area contributed by atoms with E-state index >= 15 is 0 Å². The van der Waals surface area contributed by atoms with Gasteiger partial charge in [-0.3, -0.25) is 4.79 Å². The monoisotopic (exact) mass is 186 g/mol. The fourth-order valence-electron chi connectivity index (χ4n) is 0.705. The van der Waals surface area contributed by atoms with Gasteiger partial charge in [-0.15, -0.1) is 0 Å². The van der Waals surface area contributed by atoms with E-state index in [1.807, 2.05) is 0 Å². The first-order chi connectivity index (χ1) is 6.20. The third kappa shape index (κ3) is 7.05. The quantitative estimate of drug-likeness (QED) is 0.353. The van der Waals surface area contributed by atoms with Gasteiger partial charge < -0.3 is 9.47 Å². The maximum Gasteiger partial charge on any atom is 0.330 e. The molecule has 0 heterocycles. The fourth-order valence-corrected chi connectivity index (χ4v) is 0.705. The van der Waals surface area contributed by atoms with E-state index in [4.69, 9.17) is 4.74 Å². The van der Waals surface area contributed by atoms with Gasteiger partial charge in [0.05, 0.1) is 13.7 Å². The molecule has 13 heavy (non-hydrogen) atoms. The van der Waals surface area contributed by atoms with Crippen LogP contribution >= 0.6 is 0 Å². The number of carbonyl (C=O) groups is 2. The summed E-state index contributed by atoms with van der Waals surface area (Å²) < 4.78 is 9.13. The molecule has 0 aliphatic carbocycles. The largest absolute Gasteiger partial charge is 0.469 e. The molecule has 0 aromatic carbocycles. The second-order valence-corrected chi connectivity index (χ2v) is 2.40. The standard InChI is InChI=1S/C9H14O4/c1-3-8(10)13-7-5-4-6-9(11)12-2/h3H,1,4-7H2,2H3. The molecule has 0 aromatic rings. The van der Waals surface area contributed by atoms with Crippen LogP contribution in [0.1, 0.15) is 19.3 Å². The number of carbonyl (C=O) groups excluding carboxylic acids is 2. The van der Waals surface area contributed by atoms with Crippen LogP contribution in [0.15, 0.2) is 12.7 Å². The molecule has 0 bridgehead atoms. The summed E-state index contributed by atoms with van der Waals surface area (Å²) in [5.41, 5.74) is 0. The summed E-state index contributed by atoms with van der Waals surface area (Å²) in [4.78, 5) is 21.2. The molecule has 0 amide bonds. The van der Waals surface area contributed by atoms with E-state index in [0.717, 1.165) is 6.08 Å². The number of hydrogen-bond acceptors (Lipinski definition) is 4. The van der Waals surface area contributed by atoms with Crippen LogP contribution in [0.5, 0.6) is 0 Å². The van der Waals surface area contributed by atoms with Crippen LogP contribution in [-0.2, 0) is 19.1 Å². The Hall–Kier alpha value is -1.32. The lowest BCUT2D eigenvalue weighted by Crippen LogP contribution is -2.04. The third-order valence-electron chi connectivity index (χ3n) is 1.41. The van der Waals surface area contributed by atoms with E-state index in [2.05, 4.69) is 11.3 Å². The Morgan fingerprint density at radius 3 is 2.62 bits per heavy atom. The van der Waals surface area contributed by atoms with Crippen LogP contribution in [0.3, 0.4) is 0 Å². The number of unbranched alkanes of at least 4 members (excludes halogenated alkanes) is 1. The van der Waals surface area contributed by atoms with Gasteiger partial charge in [0, 0.05) is 12.5 Å². The fraction of sp³-hybridized carbons (Fsp3) is 0.556. The van der Waals surface area contributed by atoms with Crippen molar-refractivity contribution in [1.82, 2.24) is 0 Å². The number of ether oxygens (including phenoxy) is 2. The maximum absolute atomic E-state index is 10.6. The van der Waals surface area contributed by atoms with Crippen LogP contribution in [0.4, 0.5) is 0 Å². The lowest BCUT2D eigenvalue weighted by atomic mass is 10.2. The molecular formula is C9H14O4. The molecular weight excluding hydrogens is 172 g/mol. The highest BCUT2D eigenvalue weighted by atomic mass is 16.5. The van der Waals surface area contributed by atoms with Crippen molar-refractivity contribution in [3.05, 3.63) is 12.7 Å². The van der Waals surface area contributed by atoms with Gasteiger partial charge in [-0.05, 0) is 12.8 Å². The Labute approximate surface area is 77.5 Å². The number of hydrogen-bond donors (Lipinski definition) is 0. The van der Waals surface area contributed by atoms with Crippen molar-refractivity contribution in [3.63, 3.8) is 0 Å². The van der Waals surface area contributed by atoms with Gasteiger partial charge in [0.1, 0.15) is 0 Å². The number of methoxy groups -OCH3 is 1. The molecule has 0 rings (SSSR count). The molecule has 0 radical (unpaired) electrons. The van der Waals surface area contributed by atoms with Gasteiger partial charge in [-0.2, -0.15) is 0 Å². The number of esters is 2. The van der Waals surface area contributed by atoms with Crippen molar-refractivity contribution in [1.29, 1.82) is 0 Å². The zero-order valence-electron chi connectivity index (χ0n) is 7.75. The Bertz CT molecular complexity index is 186. The predicted octanol–water partition coefficient (Wildman–Crippen LogP) is 1.06. The zero-order chi connectivity index (χ0) is 10.1. The van der Waals surface area contributed by atoms with Gasteiger partial charge >= 0.3 is 11.9 Å². The van der Waals surface area contributed by atoms with Crippen molar-refractivity contribution in [3.8, 4) is 0 Å². The highest BCUT2D eigenvalue weighted by Crippen LogP contribution is 1.97. The second-order valence-electron chi connectivity index (χ2n) is 2.40. The van der Waals surface area contributed by atoms with Crippen LogP contribution in [-0.4, -0.2) is 25.7 Å². The summed E-state index contributed by atoms with van der Waals surface area (Å²) in [5, 5.41) is 0. The average Bonchev–Trinajstić information content (AvgIpc) is 2.16. The first kappa shape index (κ1) is 11.7. The summed E-state index contributed by atoms with van der Waals surface area (Å²) in [7, 11) is 1.35. The van der Waals surface area contributed by atoms with E-state index in [9.17, 15) is 9.59 Å². The molecule has 0 aliphatic heterocycles. The Morgan fingerprint density at radius 2 is 2.08 bits per heavy atom. The van der Waals surface area contributed by atoms with Crippen LogP contribution < -0.4 is 0 Å². The molecule has 0 saturated heterocycles. The molecule has 0 saturated carbocycles. The topological polar surface area (TPSA) is 52.6 Å². The van der Waals surface area contributed by atoms with E-state index in [-0.39, 0.29) is 5.97 Å². The van der Waals surface area contributed by atoms with Gasteiger partial charge in [0.25, 0.3) is 0 Å². The van der Waals surface area contributed by atoms with Crippen LogP contribution in [0.25, 0.3) is 0 Å². The maximum atomic E-state index is 10.6. The Kier molecular flexibility index (Phi) is 6.59. The summed E-state index contributed by atoms with van der Waals surface area (Å²) in [5.74, 6) is -0.673. The first-order valence-corrected chi connectivity index (χ1v) is 4.06. The smallest absolute Gasteiger partial charge is 0.330 e. The van der Waals surface area contributed by atoms with Crippen molar-refractivity contribution < 1.29 is 19.1 Å². The minimum absolute atomic E-state index is 0.241. The van der Waals surface area contributed by atoms with Crippen molar-refractivity contribution >= 4 is 11.9 Å². The third-order valence-corrected chi connectivity index (χ3v) is 1.41. The molecule has 4 heteroatoms. The molecule has 0 N–H and O–H groups in total. The van der Waals surface area contributed by atoms with Gasteiger partial charge in [0.2, 0.25) is 0 Å². The predicted molar refractivity (Wildman–Crippen MR) is 47.0 cm³/mol. The first-order valence-electron chi connectivity index (χ1n) is 4.06. The molecule has 0 aliphatic rings. The molecule has 0 fully saturated rings. The zero-order valence-corrected chi connectivity index (χ0v) is 7.75. The highest BCUT2D eigenvalue weighted by Gasteiger charge is 2.00. The summed E-state index contributed by atoms with van der Waals surface area (Å²) in [6, 6.07) is 0. The summed E-state index contributed by atoms with van der Waals surface area (Å²) in [6.07, 6.45) is 2.80. The van der Waals surface area contributed by atoms with E-state index < -0.39 is 5.97 Å². The Morgan fingerprint density at radius 1 is 1.38 bits per heavy atom. The second kappa shape index (κ2) is 7.34. The van der Waals surface area contributed by atoms with Crippen LogP contribution in [0, 0.1) is 0 Å². The molecule has 0 aromatic heterocycles. The van der Waals surface area contributed by atoms with E-state index in [0.29, 0.717) is 25.9 Å². The molecule has 0 spiro atoms. The normalized spacial score (nSPS) is 9.00. The Balaban J connectivity index is 3.21. The van der Waals surface area contributed by atoms with Crippen LogP contribution in [0.2, 0.25) is 0 Å². The molecule has 74 valence electrons. The SMILES string of the molecule is C=CC(=O)OCCCCC(=O)OC. The van der Waals surface area contributed by atoms with E-state index in [1.54, 1.807) is 0 Å². The van der Waals surface area contributed by atoms with Crippen molar-refractivity contribution in [2.24, 2.45) is 0 Å². The summed E-state index contributed by atoms with van der Waals surface area (Å²) in [6.45, 7) is 3.57. The van der Waals surface area contributed by atoms with Gasteiger partial charge in [-0.1, -0.05) is 6.58 Å². The van der Waals surface area contributed by atoms with Gasteiger partial charge in [-0.25, -0.2) is 4.79 Å². The molecule has 0 unspecified atom stereocenters. The van der Waals surface area contributed by atoms with Crippen molar-refractivity contribution in [2.45, 2.75) is 19.3 Å². The van der Waals surface area contributed by atoms with Gasteiger partial charge in [0.15, 0.2) is 0 Å². The highest BCUT2D eigenvalue weighted by molar-refractivity contribution is 5.81. The number of rotatable bonds is 6. The lowest BCUT2D eigenvalue weighted by Gasteiger charge is -2.00.